The van der Waals surface area contributed by atoms with E-state index in [9.17, 15) is 23.4 Å². The summed E-state index contributed by atoms with van der Waals surface area (Å²) in [5.74, 6) is -0.793. The van der Waals surface area contributed by atoms with Crippen LogP contribution in [0.3, 0.4) is 0 Å². The molecule has 2 aromatic heterocycles. The number of aliphatic hydroxyl groups is 2. The summed E-state index contributed by atoms with van der Waals surface area (Å²) in [6.07, 6.45) is -2.57. The molecule has 0 saturated heterocycles. The molecule has 3 heterocycles. The van der Waals surface area contributed by atoms with E-state index >= 15 is 0 Å². The summed E-state index contributed by atoms with van der Waals surface area (Å²) in [6.45, 7) is 2.61. The Morgan fingerprint density at radius 3 is 2.53 bits per heavy atom. The number of hydrogen-bond donors (Lipinski definition) is 6. The molecular weight excluding hydrogens is 536 g/mol. The molecule has 38 heavy (non-hydrogen) atoms. The molecule has 1 aliphatic heterocycles. The number of rotatable bonds is 4. The highest BCUT2D eigenvalue weighted by Gasteiger charge is 2.45. The first kappa shape index (κ1) is 29.9. The number of nitrogens with zero attached hydrogens (tertiary/aromatic N) is 3. The summed E-state index contributed by atoms with van der Waals surface area (Å²) in [5.41, 5.74) is 1.38. The van der Waals surface area contributed by atoms with E-state index in [2.05, 4.69) is 15.3 Å². The van der Waals surface area contributed by atoms with E-state index in [1.54, 1.807) is 10.8 Å². The van der Waals surface area contributed by atoms with Gasteiger partial charge in [-0.3, -0.25) is 0 Å². The Morgan fingerprint density at radius 2 is 1.87 bits per heavy atom. The molecule has 1 fully saturated rings. The van der Waals surface area contributed by atoms with Crippen molar-refractivity contribution in [3.8, 4) is 5.75 Å². The number of benzene rings is 1. The Balaban J connectivity index is 0.000000612. The molecule has 8 N–H and O–H groups in total. The van der Waals surface area contributed by atoms with Gasteiger partial charge in [0, 0.05) is 30.1 Å². The molecule has 1 aliphatic carbocycles. The van der Waals surface area contributed by atoms with Crippen LogP contribution >= 0.6 is 7.82 Å². The quantitative estimate of drug-likeness (QED) is 0.246. The molecule has 0 bridgehead atoms. The van der Waals surface area contributed by atoms with Crippen molar-refractivity contribution in [1.82, 2.24) is 19.9 Å². The minimum absolute atomic E-state index is 0. The smallest absolute Gasteiger partial charge is 0.466 e. The van der Waals surface area contributed by atoms with Gasteiger partial charge in [-0.2, -0.15) is 0 Å². The van der Waals surface area contributed by atoms with Gasteiger partial charge in [0.25, 0.3) is 6.43 Å². The van der Waals surface area contributed by atoms with Gasteiger partial charge >= 0.3 is 7.82 Å². The molecule has 210 valence electrons. The van der Waals surface area contributed by atoms with Gasteiger partial charge < -0.3 is 45.0 Å². The molecule has 5 rings (SSSR count). The van der Waals surface area contributed by atoms with Gasteiger partial charge in [0.2, 0.25) is 0 Å². The normalized spacial score (nSPS) is 23.0. The van der Waals surface area contributed by atoms with Crippen molar-refractivity contribution < 1.29 is 52.8 Å². The van der Waals surface area contributed by atoms with E-state index in [4.69, 9.17) is 24.0 Å². The highest BCUT2D eigenvalue weighted by Crippen LogP contribution is 2.40. The van der Waals surface area contributed by atoms with Crippen LogP contribution < -0.4 is 10.1 Å². The highest BCUT2D eigenvalue weighted by molar-refractivity contribution is 7.45. The number of fused-ring (bicyclic) bond motifs is 2. The Bertz CT molecular complexity index is 1330. The van der Waals surface area contributed by atoms with E-state index in [1.807, 2.05) is 13.0 Å². The number of aliphatic hydroxyl groups excluding tert-OH is 2. The molecule has 16 heteroatoms. The van der Waals surface area contributed by atoms with E-state index in [0.717, 1.165) is 17.1 Å². The predicted molar refractivity (Wildman–Crippen MR) is 127 cm³/mol. The lowest BCUT2D eigenvalue weighted by atomic mass is 9.96. The van der Waals surface area contributed by atoms with Gasteiger partial charge in [-0.15, -0.1) is 0 Å². The zero-order valence-corrected chi connectivity index (χ0v) is 20.9. The molecule has 0 unspecified atom stereocenters. The SMILES string of the molecule is Cc1ncnc2c1ccn2[C@@H]1C[C@H](Oc2cc(C(F)F)c(F)c3c2CNCC3)[C@@H](O)[C@H]1O.O.O=P(O)(O)O. The zero-order valence-electron chi connectivity index (χ0n) is 20.0. The van der Waals surface area contributed by atoms with Crippen molar-refractivity contribution >= 4 is 18.9 Å². The number of halogens is 3. The number of aromatic nitrogens is 3. The van der Waals surface area contributed by atoms with Crippen LogP contribution in [-0.2, 0) is 17.5 Å². The van der Waals surface area contributed by atoms with Crippen LogP contribution in [0.5, 0.6) is 5.75 Å². The molecule has 4 atom stereocenters. The number of aryl methyl sites for hydroxylation is 1. The van der Waals surface area contributed by atoms with Gasteiger partial charge in [-0.1, -0.05) is 0 Å². The topological polar surface area (TPSA) is 202 Å². The minimum atomic E-state index is -4.64. The Hall–Kier alpha value is -2.62. The van der Waals surface area contributed by atoms with Crippen molar-refractivity contribution in [2.45, 2.75) is 57.1 Å². The molecule has 12 nitrogen and oxygen atoms in total. The molecule has 0 amide bonds. The number of hydrogen-bond acceptors (Lipinski definition) is 7. The monoisotopic (exact) mass is 564 g/mol. The van der Waals surface area contributed by atoms with Crippen molar-refractivity contribution in [2.24, 2.45) is 0 Å². The second kappa shape index (κ2) is 11.6. The molecule has 2 aliphatic rings. The summed E-state index contributed by atoms with van der Waals surface area (Å²) in [4.78, 5) is 30.0. The third kappa shape index (κ3) is 6.16. The summed E-state index contributed by atoms with van der Waals surface area (Å²) in [7, 11) is -4.64. The van der Waals surface area contributed by atoms with Crippen molar-refractivity contribution in [1.29, 1.82) is 0 Å². The van der Waals surface area contributed by atoms with Crippen molar-refractivity contribution in [2.75, 3.05) is 6.54 Å². The first-order valence-corrected chi connectivity index (χ1v) is 12.9. The molecular formula is C22H28F3N4O8P. The average molecular weight is 564 g/mol. The summed E-state index contributed by atoms with van der Waals surface area (Å²) in [5, 5.41) is 25.4. The van der Waals surface area contributed by atoms with Crippen molar-refractivity contribution in [3.05, 3.63) is 52.9 Å². The Morgan fingerprint density at radius 1 is 1.18 bits per heavy atom. The Labute approximate surface area is 214 Å². The lowest BCUT2D eigenvalue weighted by molar-refractivity contribution is -0.0167. The van der Waals surface area contributed by atoms with Crippen LogP contribution in [0.4, 0.5) is 13.2 Å². The van der Waals surface area contributed by atoms with Gasteiger partial charge in [-0.25, -0.2) is 27.7 Å². The van der Waals surface area contributed by atoms with Gasteiger partial charge in [0.1, 0.15) is 41.9 Å². The van der Waals surface area contributed by atoms with Crippen LogP contribution in [0.15, 0.2) is 24.7 Å². The fraction of sp³-hybridized carbons (Fsp3) is 0.455. The fourth-order valence-corrected chi connectivity index (χ4v) is 4.78. The van der Waals surface area contributed by atoms with Gasteiger partial charge in [0.15, 0.2) is 0 Å². The third-order valence-electron chi connectivity index (χ3n) is 6.50. The van der Waals surface area contributed by atoms with Gasteiger partial charge in [0.05, 0.1) is 17.3 Å². The van der Waals surface area contributed by atoms with Crippen LogP contribution in [0.25, 0.3) is 11.0 Å². The molecule has 0 spiro atoms. The average Bonchev–Trinajstić information content (AvgIpc) is 3.37. The van der Waals surface area contributed by atoms with Gasteiger partial charge in [-0.05, 0) is 37.6 Å². The maximum atomic E-state index is 14.6. The van der Waals surface area contributed by atoms with Crippen LogP contribution in [0, 0.1) is 12.7 Å². The predicted octanol–water partition coefficient (Wildman–Crippen LogP) is 0.823. The standard InChI is InChI=1S/C22H23F3N4O3.H3O4P.H2O/c1-10-11-3-5-29(22(11)28-9-27-10)15-7-17(20(31)19(15)30)32-16-6-13(21(24)25)18(23)12-2-4-26-8-14(12)16;1-5(2,3)4;/h3,5-6,9,15,17,19-21,26,30-31H,2,4,7-8H2,1H3;(H3,1,2,3,4);1H2/t15-,17+,19+,20-;;/m1../s1. The number of ether oxygens (including phenoxy) is 1. The molecule has 0 radical (unpaired) electrons. The zero-order chi connectivity index (χ0) is 27.1. The lowest BCUT2D eigenvalue weighted by Gasteiger charge is -2.26. The molecule has 1 saturated carbocycles. The van der Waals surface area contributed by atoms with E-state index in [0.29, 0.717) is 17.8 Å². The number of nitrogens with one attached hydrogen (secondary N) is 1. The first-order valence-electron chi connectivity index (χ1n) is 11.3. The largest absolute Gasteiger partial charge is 0.487 e. The Kier molecular flexibility index (Phi) is 9.16. The second-order valence-corrected chi connectivity index (χ2v) is 9.86. The summed E-state index contributed by atoms with van der Waals surface area (Å²) < 4.78 is 58.1. The minimum Gasteiger partial charge on any atom is -0.487 e. The third-order valence-corrected chi connectivity index (χ3v) is 6.50. The maximum absolute atomic E-state index is 14.6. The van der Waals surface area contributed by atoms with Crippen LogP contribution in [0.1, 0.15) is 41.3 Å². The van der Waals surface area contributed by atoms with Crippen LogP contribution in [0.2, 0.25) is 0 Å². The summed E-state index contributed by atoms with van der Waals surface area (Å²) >= 11 is 0. The second-order valence-electron chi connectivity index (χ2n) is 8.84. The maximum Gasteiger partial charge on any atom is 0.466 e. The molecule has 3 aromatic rings. The lowest BCUT2D eigenvalue weighted by Crippen LogP contribution is -2.35. The van der Waals surface area contributed by atoms with E-state index < -0.39 is 50.0 Å². The fourth-order valence-electron chi connectivity index (χ4n) is 4.78. The van der Waals surface area contributed by atoms with E-state index in [-0.39, 0.29) is 36.2 Å². The highest BCUT2D eigenvalue weighted by atomic mass is 31.2. The van der Waals surface area contributed by atoms with E-state index in [1.165, 1.54) is 6.33 Å². The number of phosphoric acid groups is 1. The number of alkyl halides is 2. The van der Waals surface area contributed by atoms with Crippen LogP contribution in [-0.4, -0.2) is 69.8 Å². The first-order chi connectivity index (χ1) is 17.4. The summed E-state index contributed by atoms with van der Waals surface area (Å²) in [6, 6.07) is 2.32. The molecule has 1 aromatic carbocycles. The van der Waals surface area contributed by atoms with Crippen molar-refractivity contribution in [3.63, 3.8) is 0 Å².